The van der Waals surface area contributed by atoms with Crippen LogP contribution in [0.4, 0.5) is 4.79 Å². The minimum absolute atomic E-state index is 0.0205. The van der Waals surface area contributed by atoms with Gasteiger partial charge in [0.15, 0.2) is 0 Å². The molecule has 0 spiro atoms. The lowest BCUT2D eigenvalue weighted by molar-refractivity contribution is 0.186. The van der Waals surface area contributed by atoms with Gasteiger partial charge in [-0.2, -0.15) is 5.10 Å². The fourth-order valence-corrected chi connectivity index (χ4v) is 2.45. The Kier molecular flexibility index (Phi) is 4.37. The molecule has 6 heteroatoms. The van der Waals surface area contributed by atoms with E-state index in [4.69, 9.17) is 0 Å². The Labute approximate surface area is 130 Å². The summed E-state index contributed by atoms with van der Waals surface area (Å²) >= 11 is 0. The lowest BCUT2D eigenvalue weighted by Gasteiger charge is -2.25. The molecule has 2 amide bonds. The number of carbonyl (C=O) groups excluding carboxylic acids is 1. The Morgan fingerprint density at radius 2 is 2.27 bits per heavy atom. The highest BCUT2D eigenvalue weighted by molar-refractivity contribution is 5.75. The highest BCUT2D eigenvalue weighted by Gasteiger charge is 2.33. The molecule has 1 fully saturated rings. The number of urea groups is 1. The zero-order chi connectivity index (χ0) is 15.4. The van der Waals surface area contributed by atoms with Crippen molar-refractivity contribution in [2.45, 2.75) is 44.9 Å². The molecule has 0 aliphatic heterocycles. The Bertz CT molecular complexity index is 594. The first-order valence-corrected chi connectivity index (χ1v) is 7.67. The summed E-state index contributed by atoms with van der Waals surface area (Å²) in [6, 6.07) is 8.02. The highest BCUT2D eigenvalue weighted by atomic mass is 16.2. The number of pyridine rings is 1. The summed E-state index contributed by atoms with van der Waals surface area (Å²) in [5.74, 6) is 0. The van der Waals surface area contributed by atoms with Gasteiger partial charge in [-0.3, -0.25) is 9.67 Å². The maximum absolute atomic E-state index is 12.5. The van der Waals surface area contributed by atoms with Crippen molar-refractivity contribution < 1.29 is 4.79 Å². The smallest absolute Gasteiger partial charge is 0.318 e. The van der Waals surface area contributed by atoms with Crippen LogP contribution >= 0.6 is 0 Å². The molecule has 2 heterocycles. The summed E-state index contributed by atoms with van der Waals surface area (Å²) < 4.78 is 1.82. The minimum atomic E-state index is -0.0205. The van der Waals surface area contributed by atoms with Crippen LogP contribution in [-0.2, 0) is 13.1 Å². The van der Waals surface area contributed by atoms with Crippen molar-refractivity contribution in [2.24, 2.45) is 0 Å². The van der Waals surface area contributed by atoms with Gasteiger partial charge in [-0.25, -0.2) is 4.79 Å². The normalized spacial score (nSPS) is 15.3. The first-order valence-electron chi connectivity index (χ1n) is 7.67. The van der Waals surface area contributed by atoms with Crippen LogP contribution in [0.2, 0.25) is 0 Å². The molecular formula is C16H21N5O. The number of nitrogens with one attached hydrogen (secondary N) is 1. The van der Waals surface area contributed by atoms with E-state index in [0.29, 0.717) is 19.1 Å². The van der Waals surface area contributed by atoms with Gasteiger partial charge in [0, 0.05) is 30.7 Å². The van der Waals surface area contributed by atoms with Crippen LogP contribution < -0.4 is 5.32 Å². The number of amides is 2. The molecule has 116 valence electrons. The third kappa shape index (κ3) is 3.84. The van der Waals surface area contributed by atoms with Crippen molar-refractivity contribution in [3.8, 4) is 0 Å². The second-order valence-electron chi connectivity index (χ2n) is 5.76. The second-order valence-corrected chi connectivity index (χ2v) is 5.76. The molecule has 2 aromatic rings. The van der Waals surface area contributed by atoms with Crippen molar-refractivity contribution >= 4 is 6.03 Å². The third-order valence-corrected chi connectivity index (χ3v) is 3.70. The van der Waals surface area contributed by atoms with Gasteiger partial charge in [0.25, 0.3) is 0 Å². The lowest BCUT2D eigenvalue weighted by Crippen LogP contribution is -2.46. The molecule has 3 rings (SSSR count). The molecule has 0 bridgehead atoms. The van der Waals surface area contributed by atoms with E-state index in [9.17, 15) is 4.79 Å². The molecule has 1 saturated carbocycles. The number of nitrogens with zero attached hydrogens (tertiary/aromatic N) is 4. The minimum Gasteiger partial charge on any atom is -0.334 e. The zero-order valence-corrected chi connectivity index (χ0v) is 12.7. The van der Waals surface area contributed by atoms with Gasteiger partial charge in [-0.05, 0) is 38.0 Å². The van der Waals surface area contributed by atoms with Crippen LogP contribution in [0.3, 0.4) is 0 Å². The van der Waals surface area contributed by atoms with Crippen LogP contribution in [0, 0.1) is 0 Å². The molecule has 1 N–H and O–H groups in total. The average Bonchev–Trinajstić information content (AvgIpc) is 3.23. The quantitative estimate of drug-likeness (QED) is 0.888. The van der Waals surface area contributed by atoms with Crippen LogP contribution in [0.25, 0.3) is 0 Å². The summed E-state index contributed by atoms with van der Waals surface area (Å²) in [5.41, 5.74) is 0.921. The van der Waals surface area contributed by atoms with Crippen LogP contribution in [-0.4, -0.2) is 37.8 Å². The highest BCUT2D eigenvalue weighted by Crippen LogP contribution is 2.28. The van der Waals surface area contributed by atoms with Crippen molar-refractivity contribution in [1.82, 2.24) is 25.0 Å². The van der Waals surface area contributed by atoms with E-state index in [1.807, 2.05) is 47.0 Å². The molecule has 0 saturated heterocycles. The monoisotopic (exact) mass is 299 g/mol. The van der Waals surface area contributed by atoms with Crippen LogP contribution in [0.15, 0.2) is 42.9 Å². The van der Waals surface area contributed by atoms with Crippen LogP contribution in [0.5, 0.6) is 0 Å². The Balaban J connectivity index is 1.58. The summed E-state index contributed by atoms with van der Waals surface area (Å²) in [6.07, 6.45) is 7.56. The van der Waals surface area contributed by atoms with Gasteiger partial charge < -0.3 is 10.2 Å². The standard InChI is InChI=1S/C16H21N5O/c1-13(11-20-10-4-9-18-20)19-16(22)21(15-6-7-15)12-14-5-2-3-8-17-14/h2-5,8-10,13,15H,6-7,11-12H2,1H3,(H,19,22)/t13-/m1/s1. The predicted octanol–water partition coefficient (Wildman–Crippen LogP) is 2.04. The summed E-state index contributed by atoms with van der Waals surface area (Å²) in [7, 11) is 0. The van der Waals surface area contributed by atoms with E-state index in [-0.39, 0.29) is 12.1 Å². The van der Waals surface area contributed by atoms with Gasteiger partial charge in [-0.1, -0.05) is 6.07 Å². The molecule has 1 aliphatic carbocycles. The van der Waals surface area contributed by atoms with E-state index < -0.39 is 0 Å². The predicted molar refractivity (Wildman–Crippen MR) is 83.0 cm³/mol. The van der Waals surface area contributed by atoms with Crippen molar-refractivity contribution in [1.29, 1.82) is 0 Å². The third-order valence-electron chi connectivity index (χ3n) is 3.70. The van der Waals surface area contributed by atoms with E-state index >= 15 is 0 Å². The van der Waals surface area contributed by atoms with Gasteiger partial charge in [-0.15, -0.1) is 0 Å². The molecule has 0 radical (unpaired) electrons. The summed E-state index contributed by atoms with van der Waals surface area (Å²) in [4.78, 5) is 18.7. The molecule has 1 aliphatic rings. The number of aromatic nitrogens is 3. The van der Waals surface area contributed by atoms with Crippen molar-refractivity contribution in [3.63, 3.8) is 0 Å². The maximum atomic E-state index is 12.5. The van der Waals surface area contributed by atoms with Crippen molar-refractivity contribution in [3.05, 3.63) is 48.5 Å². The fourth-order valence-electron chi connectivity index (χ4n) is 2.45. The largest absolute Gasteiger partial charge is 0.334 e. The Hall–Kier alpha value is -2.37. The molecule has 0 aromatic carbocycles. The van der Waals surface area contributed by atoms with E-state index in [1.165, 1.54) is 0 Å². The molecule has 22 heavy (non-hydrogen) atoms. The average molecular weight is 299 g/mol. The maximum Gasteiger partial charge on any atom is 0.318 e. The van der Waals surface area contributed by atoms with E-state index in [0.717, 1.165) is 18.5 Å². The van der Waals surface area contributed by atoms with Crippen molar-refractivity contribution in [2.75, 3.05) is 0 Å². The van der Waals surface area contributed by atoms with Gasteiger partial charge in [0.1, 0.15) is 0 Å². The molecule has 1 atom stereocenters. The number of carbonyl (C=O) groups is 1. The Morgan fingerprint density at radius 3 is 2.91 bits per heavy atom. The summed E-state index contributed by atoms with van der Waals surface area (Å²) in [6.45, 7) is 3.22. The number of hydrogen-bond donors (Lipinski definition) is 1. The first-order chi connectivity index (χ1) is 10.7. The number of rotatable bonds is 6. The van der Waals surface area contributed by atoms with Gasteiger partial charge in [0.2, 0.25) is 0 Å². The first kappa shape index (κ1) is 14.6. The molecule has 2 aromatic heterocycles. The molecule has 0 unspecified atom stereocenters. The SMILES string of the molecule is C[C@H](Cn1cccn1)NC(=O)N(Cc1ccccn1)C1CC1. The lowest BCUT2D eigenvalue weighted by atomic mass is 10.3. The number of hydrogen-bond acceptors (Lipinski definition) is 3. The topological polar surface area (TPSA) is 63.1 Å². The van der Waals surface area contributed by atoms with Crippen LogP contribution in [0.1, 0.15) is 25.5 Å². The van der Waals surface area contributed by atoms with Gasteiger partial charge >= 0.3 is 6.03 Å². The van der Waals surface area contributed by atoms with Gasteiger partial charge in [0.05, 0.1) is 18.8 Å². The molecule has 6 nitrogen and oxygen atoms in total. The summed E-state index contributed by atoms with van der Waals surface area (Å²) in [5, 5.41) is 7.22. The van der Waals surface area contributed by atoms with E-state index in [1.54, 1.807) is 12.4 Å². The second kappa shape index (κ2) is 6.60. The zero-order valence-electron chi connectivity index (χ0n) is 12.7. The fraction of sp³-hybridized carbons (Fsp3) is 0.438. The van der Waals surface area contributed by atoms with E-state index in [2.05, 4.69) is 15.4 Å². The Morgan fingerprint density at radius 1 is 1.41 bits per heavy atom. The molecular weight excluding hydrogens is 278 g/mol.